The highest BCUT2D eigenvalue weighted by Crippen LogP contribution is 2.21. The third-order valence-electron chi connectivity index (χ3n) is 3.52. The third kappa shape index (κ3) is 4.12. The number of benzene rings is 1. The fourth-order valence-corrected chi connectivity index (χ4v) is 2.48. The first-order chi connectivity index (χ1) is 9.29. The average molecular weight is 258 g/mol. The maximum atomic E-state index is 12.0. The number of rotatable bonds is 4. The number of para-hydroxylation sites is 1. The van der Waals surface area contributed by atoms with Crippen LogP contribution in [-0.4, -0.2) is 12.1 Å². The molecule has 2 N–H and O–H groups in total. The maximum Gasteiger partial charge on any atom is 0.319 e. The summed E-state index contributed by atoms with van der Waals surface area (Å²) in [5, 5.41) is 5.94. The first kappa shape index (κ1) is 13.7. The van der Waals surface area contributed by atoms with Gasteiger partial charge in [0, 0.05) is 5.69 Å². The number of amides is 2. The standard InChI is InChI=1S/C16H22N2O/c1-2-15(13-9-5-3-6-10-13)18-16(19)17-14-11-7-4-8-12-14/h4,7-9,11-12,15H,2-3,5-6,10H2,1H3,(H2,17,18,19). The van der Waals surface area contributed by atoms with Gasteiger partial charge in [0.1, 0.15) is 0 Å². The molecule has 0 radical (unpaired) electrons. The van der Waals surface area contributed by atoms with Gasteiger partial charge in [-0.2, -0.15) is 0 Å². The van der Waals surface area contributed by atoms with Gasteiger partial charge in [-0.25, -0.2) is 4.79 Å². The second-order valence-electron chi connectivity index (χ2n) is 4.95. The first-order valence-electron chi connectivity index (χ1n) is 7.11. The molecule has 102 valence electrons. The monoisotopic (exact) mass is 258 g/mol. The normalized spacial score (nSPS) is 16.4. The molecular formula is C16H22N2O. The van der Waals surface area contributed by atoms with Gasteiger partial charge in [-0.3, -0.25) is 0 Å². The van der Waals surface area contributed by atoms with Gasteiger partial charge >= 0.3 is 6.03 Å². The summed E-state index contributed by atoms with van der Waals surface area (Å²) in [5.74, 6) is 0. The predicted octanol–water partition coefficient (Wildman–Crippen LogP) is 4.09. The zero-order chi connectivity index (χ0) is 13.5. The summed E-state index contributed by atoms with van der Waals surface area (Å²) in [7, 11) is 0. The zero-order valence-electron chi connectivity index (χ0n) is 11.5. The minimum atomic E-state index is -0.121. The van der Waals surface area contributed by atoms with Crippen LogP contribution in [0.2, 0.25) is 0 Å². The molecule has 3 nitrogen and oxygen atoms in total. The number of nitrogens with one attached hydrogen (secondary N) is 2. The van der Waals surface area contributed by atoms with Crippen molar-refractivity contribution in [1.29, 1.82) is 0 Å². The number of urea groups is 1. The number of hydrogen-bond acceptors (Lipinski definition) is 1. The zero-order valence-corrected chi connectivity index (χ0v) is 11.5. The van der Waals surface area contributed by atoms with Gasteiger partial charge in [-0.05, 0) is 44.2 Å². The van der Waals surface area contributed by atoms with Crippen LogP contribution in [0.1, 0.15) is 39.0 Å². The van der Waals surface area contributed by atoms with Crippen molar-refractivity contribution in [2.24, 2.45) is 0 Å². The molecule has 2 amide bonds. The van der Waals surface area contributed by atoms with Crippen molar-refractivity contribution in [2.75, 3.05) is 5.32 Å². The van der Waals surface area contributed by atoms with E-state index < -0.39 is 0 Å². The third-order valence-corrected chi connectivity index (χ3v) is 3.52. The van der Waals surface area contributed by atoms with Crippen molar-refractivity contribution in [1.82, 2.24) is 5.32 Å². The summed E-state index contributed by atoms with van der Waals surface area (Å²) in [6, 6.07) is 9.59. The van der Waals surface area contributed by atoms with Gasteiger partial charge in [0.2, 0.25) is 0 Å². The first-order valence-corrected chi connectivity index (χ1v) is 7.11. The van der Waals surface area contributed by atoms with Crippen LogP contribution in [-0.2, 0) is 0 Å². The largest absolute Gasteiger partial charge is 0.331 e. The number of carbonyl (C=O) groups excluding carboxylic acids is 1. The Morgan fingerprint density at radius 2 is 2.05 bits per heavy atom. The number of carbonyl (C=O) groups is 1. The Hall–Kier alpha value is -1.77. The molecule has 1 aromatic rings. The van der Waals surface area contributed by atoms with Crippen LogP contribution in [0.5, 0.6) is 0 Å². The Labute approximate surface area is 115 Å². The lowest BCUT2D eigenvalue weighted by atomic mass is 9.92. The van der Waals surface area contributed by atoms with Crippen molar-refractivity contribution < 1.29 is 4.79 Å². The summed E-state index contributed by atoms with van der Waals surface area (Å²) in [5.41, 5.74) is 2.21. The lowest BCUT2D eigenvalue weighted by Gasteiger charge is -2.23. The minimum absolute atomic E-state index is 0.121. The molecule has 0 saturated heterocycles. The molecule has 19 heavy (non-hydrogen) atoms. The molecule has 3 heteroatoms. The topological polar surface area (TPSA) is 41.1 Å². The van der Waals surface area contributed by atoms with Crippen LogP contribution in [0.3, 0.4) is 0 Å². The Kier molecular flexibility index (Phi) is 5.01. The van der Waals surface area contributed by atoms with E-state index in [4.69, 9.17) is 0 Å². The van der Waals surface area contributed by atoms with Crippen LogP contribution in [0.15, 0.2) is 42.0 Å². The number of allylic oxidation sites excluding steroid dienone is 1. The molecule has 1 unspecified atom stereocenters. The molecule has 2 rings (SSSR count). The van der Waals surface area contributed by atoms with E-state index >= 15 is 0 Å². The molecule has 1 atom stereocenters. The Balaban J connectivity index is 1.91. The van der Waals surface area contributed by atoms with Crippen molar-refractivity contribution in [3.8, 4) is 0 Å². The van der Waals surface area contributed by atoms with Gasteiger partial charge in [0.15, 0.2) is 0 Å². The van der Waals surface area contributed by atoms with E-state index in [1.54, 1.807) is 0 Å². The molecular weight excluding hydrogens is 236 g/mol. The lowest BCUT2D eigenvalue weighted by molar-refractivity contribution is 0.249. The quantitative estimate of drug-likeness (QED) is 0.785. The summed E-state index contributed by atoms with van der Waals surface area (Å²) in [4.78, 5) is 12.0. The van der Waals surface area contributed by atoms with Crippen molar-refractivity contribution in [3.05, 3.63) is 42.0 Å². The van der Waals surface area contributed by atoms with Crippen LogP contribution in [0.4, 0.5) is 10.5 Å². The average Bonchev–Trinajstić information content (AvgIpc) is 2.47. The molecule has 0 aromatic heterocycles. The Morgan fingerprint density at radius 3 is 2.68 bits per heavy atom. The Bertz CT molecular complexity index is 439. The molecule has 0 spiro atoms. The van der Waals surface area contributed by atoms with Gasteiger partial charge in [0.25, 0.3) is 0 Å². The van der Waals surface area contributed by atoms with E-state index in [9.17, 15) is 4.79 Å². The van der Waals surface area contributed by atoms with Crippen molar-refractivity contribution in [3.63, 3.8) is 0 Å². The number of hydrogen-bond donors (Lipinski definition) is 2. The van der Waals surface area contributed by atoms with E-state index in [1.807, 2.05) is 30.3 Å². The fraction of sp³-hybridized carbons (Fsp3) is 0.438. The highest BCUT2D eigenvalue weighted by atomic mass is 16.2. The van der Waals surface area contributed by atoms with E-state index in [1.165, 1.54) is 18.4 Å². The van der Waals surface area contributed by atoms with Gasteiger partial charge in [-0.15, -0.1) is 0 Å². The van der Waals surface area contributed by atoms with Crippen molar-refractivity contribution in [2.45, 2.75) is 45.1 Å². The maximum absolute atomic E-state index is 12.0. The van der Waals surface area contributed by atoms with E-state index in [0.29, 0.717) is 0 Å². The second kappa shape index (κ2) is 6.98. The van der Waals surface area contributed by atoms with Crippen LogP contribution in [0.25, 0.3) is 0 Å². The van der Waals surface area contributed by atoms with Crippen LogP contribution < -0.4 is 10.6 Å². The van der Waals surface area contributed by atoms with E-state index in [0.717, 1.165) is 24.9 Å². The smallest absolute Gasteiger partial charge is 0.319 e. The molecule has 1 aliphatic carbocycles. The Morgan fingerprint density at radius 1 is 1.26 bits per heavy atom. The SMILES string of the molecule is CCC(NC(=O)Nc1ccccc1)C1=CCCCC1. The van der Waals surface area contributed by atoms with Crippen molar-refractivity contribution >= 4 is 11.7 Å². The highest BCUT2D eigenvalue weighted by Gasteiger charge is 2.16. The van der Waals surface area contributed by atoms with Crippen LogP contribution in [0, 0.1) is 0 Å². The summed E-state index contributed by atoms with van der Waals surface area (Å²) >= 11 is 0. The summed E-state index contributed by atoms with van der Waals surface area (Å²) < 4.78 is 0. The van der Waals surface area contributed by atoms with E-state index in [-0.39, 0.29) is 12.1 Å². The lowest BCUT2D eigenvalue weighted by Crippen LogP contribution is -2.39. The van der Waals surface area contributed by atoms with Gasteiger partial charge in [-0.1, -0.05) is 36.8 Å². The highest BCUT2D eigenvalue weighted by molar-refractivity contribution is 5.89. The fourth-order valence-electron chi connectivity index (χ4n) is 2.48. The molecule has 1 aromatic carbocycles. The number of anilines is 1. The minimum Gasteiger partial charge on any atom is -0.331 e. The molecule has 0 aliphatic heterocycles. The van der Waals surface area contributed by atoms with E-state index in [2.05, 4.69) is 23.6 Å². The molecule has 0 saturated carbocycles. The second-order valence-corrected chi connectivity index (χ2v) is 4.95. The molecule has 0 bridgehead atoms. The molecule has 0 fully saturated rings. The predicted molar refractivity (Wildman–Crippen MR) is 79.2 cm³/mol. The van der Waals surface area contributed by atoms with Gasteiger partial charge in [0.05, 0.1) is 6.04 Å². The summed E-state index contributed by atoms with van der Waals surface area (Å²) in [6.45, 7) is 2.11. The van der Waals surface area contributed by atoms with Gasteiger partial charge < -0.3 is 10.6 Å². The molecule has 1 aliphatic rings. The summed E-state index contributed by atoms with van der Waals surface area (Å²) in [6.07, 6.45) is 8.01. The molecule has 0 heterocycles. The van der Waals surface area contributed by atoms with Crippen LogP contribution >= 0.6 is 0 Å².